The van der Waals surface area contributed by atoms with E-state index < -0.39 is 11.8 Å². The molecule has 5 heteroatoms. The second kappa shape index (κ2) is 6.52. The topological polar surface area (TPSA) is 67.4 Å². The van der Waals surface area contributed by atoms with E-state index >= 15 is 0 Å². The van der Waals surface area contributed by atoms with Crippen LogP contribution in [0, 0.1) is 6.92 Å². The highest BCUT2D eigenvalue weighted by molar-refractivity contribution is 6.35. The fourth-order valence-corrected chi connectivity index (χ4v) is 2.01. The molecule has 2 N–H and O–H groups in total. The Balaban J connectivity index is 1.88. The quantitative estimate of drug-likeness (QED) is 0.791. The summed E-state index contributed by atoms with van der Waals surface area (Å²) in [7, 11) is 1.59. The molecule has 0 saturated heterocycles. The summed E-state index contributed by atoms with van der Waals surface area (Å²) < 4.78 is 5.39. The van der Waals surface area contributed by atoms with Crippen molar-refractivity contribution in [2.75, 3.05) is 13.7 Å². The molecule has 1 aliphatic rings. The molecule has 2 rings (SSSR count). The first-order valence-corrected chi connectivity index (χ1v) is 6.79. The predicted molar refractivity (Wildman–Crippen MR) is 75.1 cm³/mol. The number of hydrogen-bond acceptors (Lipinski definition) is 3. The zero-order chi connectivity index (χ0) is 14.5. The standard InChI is InChI=1S/C15H20N2O3/c1-10-5-3-4-6-12(10)13(20-2)9-16-14(18)15(19)17-11-7-8-11/h3-6,11,13H,7-9H2,1-2H3,(H,16,18)(H,17,19)/t13-/m0/s1. The van der Waals surface area contributed by atoms with Gasteiger partial charge in [0.05, 0.1) is 6.10 Å². The van der Waals surface area contributed by atoms with Gasteiger partial charge in [0.1, 0.15) is 0 Å². The Morgan fingerprint density at radius 3 is 2.60 bits per heavy atom. The molecule has 2 amide bonds. The average Bonchev–Trinajstić information content (AvgIpc) is 3.24. The Morgan fingerprint density at radius 2 is 2.00 bits per heavy atom. The van der Waals surface area contributed by atoms with Crippen molar-refractivity contribution in [1.82, 2.24) is 10.6 Å². The molecule has 1 atom stereocenters. The van der Waals surface area contributed by atoms with E-state index in [9.17, 15) is 9.59 Å². The van der Waals surface area contributed by atoms with Crippen LogP contribution in [0.25, 0.3) is 0 Å². The van der Waals surface area contributed by atoms with Gasteiger partial charge in [0.15, 0.2) is 0 Å². The van der Waals surface area contributed by atoms with E-state index in [1.807, 2.05) is 31.2 Å². The second-order valence-corrected chi connectivity index (χ2v) is 5.04. The lowest BCUT2D eigenvalue weighted by molar-refractivity contribution is -0.139. The number of hydrogen-bond donors (Lipinski definition) is 2. The zero-order valence-corrected chi connectivity index (χ0v) is 11.8. The number of carbonyl (C=O) groups is 2. The van der Waals surface area contributed by atoms with Gasteiger partial charge in [-0.2, -0.15) is 0 Å². The normalized spacial score (nSPS) is 15.5. The van der Waals surface area contributed by atoms with Gasteiger partial charge in [-0.25, -0.2) is 0 Å². The Bertz CT molecular complexity index is 498. The summed E-state index contributed by atoms with van der Waals surface area (Å²) in [5.41, 5.74) is 2.11. The van der Waals surface area contributed by atoms with Gasteiger partial charge in [-0.3, -0.25) is 9.59 Å². The maximum Gasteiger partial charge on any atom is 0.309 e. The largest absolute Gasteiger partial charge is 0.375 e. The van der Waals surface area contributed by atoms with Crippen molar-refractivity contribution in [3.05, 3.63) is 35.4 Å². The molecule has 1 aliphatic carbocycles. The first kappa shape index (κ1) is 14.5. The molecule has 20 heavy (non-hydrogen) atoms. The van der Waals surface area contributed by atoms with Crippen LogP contribution in [0.1, 0.15) is 30.1 Å². The van der Waals surface area contributed by atoms with Crippen LogP contribution in [0.5, 0.6) is 0 Å². The van der Waals surface area contributed by atoms with Crippen molar-refractivity contribution in [1.29, 1.82) is 0 Å². The predicted octanol–water partition coefficient (Wildman–Crippen LogP) is 1.08. The molecule has 108 valence electrons. The minimum Gasteiger partial charge on any atom is -0.375 e. The van der Waals surface area contributed by atoms with Crippen LogP contribution >= 0.6 is 0 Å². The lowest BCUT2D eigenvalue weighted by Crippen LogP contribution is -2.42. The number of aryl methyl sites for hydroxylation is 1. The number of amides is 2. The molecule has 1 aromatic carbocycles. The molecule has 0 bridgehead atoms. The first-order chi connectivity index (χ1) is 9.61. The molecule has 0 spiro atoms. The number of benzene rings is 1. The number of nitrogens with one attached hydrogen (secondary N) is 2. The summed E-state index contributed by atoms with van der Waals surface area (Å²) in [5, 5.41) is 5.27. The van der Waals surface area contributed by atoms with Crippen LogP contribution in [0.2, 0.25) is 0 Å². The molecule has 0 radical (unpaired) electrons. The van der Waals surface area contributed by atoms with E-state index in [2.05, 4.69) is 10.6 Å². The highest BCUT2D eigenvalue weighted by Gasteiger charge is 2.26. The number of carbonyl (C=O) groups excluding carboxylic acids is 2. The first-order valence-electron chi connectivity index (χ1n) is 6.79. The summed E-state index contributed by atoms with van der Waals surface area (Å²) in [6, 6.07) is 8.01. The van der Waals surface area contributed by atoms with E-state index in [1.165, 1.54) is 0 Å². The van der Waals surface area contributed by atoms with Gasteiger partial charge in [-0.05, 0) is 30.9 Å². The van der Waals surface area contributed by atoms with Crippen LogP contribution in [0.15, 0.2) is 24.3 Å². The lowest BCUT2D eigenvalue weighted by atomic mass is 10.0. The molecule has 1 saturated carbocycles. The van der Waals surface area contributed by atoms with E-state index in [-0.39, 0.29) is 18.7 Å². The van der Waals surface area contributed by atoms with Crippen molar-refractivity contribution in [2.24, 2.45) is 0 Å². The van der Waals surface area contributed by atoms with Crippen molar-refractivity contribution >= 4 is 11.8 Å². The third kappa shape index (κ3) is 3.81. The van der Waals surface area contributed by atoms with Gasteiger partial charge in [-0.15, -0.1) is 0 Å². The van der Waals surface area contributed by atoms with Crippen LogP contribution in [0.3, 0.4) is 0 Å². The Labute approximate surface area is 118 Å². The highest BCUT2D eigenvalue weighted by Crippen LogP contribution is 2.20. The molecule has 0 unspecified atom stereocenters. The van der Waals surface area contributed by atoms with Crippen molar-refractivity contribution in [2.45, 2.75) is 31.9 Å². The van der Waals surface area contributed by atoms with Gasteiger partial charge in [0.2, 0.25) is 0 Å². The van der Waals surface area contributed by atoms with Crippen LogP contribution in [-0.2, 0) is 14.3 Å². The maximum atomic E-state index is 11.7. The van der Waals surface area contributed by atoms with Crippen molar-refractivity contribution < 1.29 is 14.3 Å². The smallest absolute Gasteiger partial charge is 0.309 e. The third-order valence-electron chi connectivity index (χ3n) is 3.39. The van der Waals surface area contributed by atoms with Gasteiger partial charge in [0, 0.05) is 19.7 Å². The molecular weight excluding hydrogens is 256 g/mol. The SMILES string of the molecule is CO[C@@H](CNC(=O)C(=O)NC1CC1)c1ccccc1C. The van der Waals surface area contributed by atoms with Gasteiger partial charge in [0.25, 0.3) is 0 Å². The number of rotatable bonds is 5. The molecule has 0 aromatic heterocycles. The average molecular weight is 276 g/mol. The Kier molecular flexibility index (Phi) is 4.74. The molecular formula is C15H20N2O3. The van der Waals surface area contributed by atoms with E-state index in [1.54, 1.807) is 7.11 Å². The zero-order valence-electron chi connectivity index (χ0n) is 11.8. The summed E-state index contributed by atoms with van der Waals surface area (Å²) in [4.78, 5) is 23.2. The van der Waals surface area contributed by atoms with Crippen LogP contribution < -0.4 is 10.6 Å². The summed E-state index contributed by atoms with van der Waals surface area (Å²) in [6.45, 7) is 2.27. The van der Waals surface area contributed by atoms with Crippen LogP contribution in [0.4, 0.5) is 0 Å². The number of ether oxygens (including phenoxy) is 1. The van der Waals surface area contributed by atoms with Gasteiger partial charge >= 0.3 is 11.8 Å². The van der Waals surface area contributed by atoms with Crippen LogP contribution in [-0.4, -0.2) is 31.5 Å². The maximum absolute atomic E-state index is 11.7. The number of methoxy groups -OCH3 is 1. The third-order valence-corrected chi connectivity index (χ3v) is 3.39. The van der Waals surface area contributed by atoms with Crippen molar-refractivity contribution in [3.8, 4) is 0 Å². The fraction of sp³-hybridized carbons (Fsp3) is 0.467. The molecule has 0 heterocycles. The van der Waals surface area contributed by atoms with E-state index in [4.69, 9.17) is 4.74 Å². The minimum absolute atomic E-state index is 0.183. The fourth-order valence-electron chi connectivity index (χ4n) is 2.01. The summed E-state index contributed by atoms with van der Waals surface area (Å²) in [6.07, 6.45) is 1.67. The monoisotopic (exact) mass is 276 g/mol. The van der Waals surface area contributed by atoms with E-state index in [0.717, 1.165) is 24.0 Å². The van der Waals surface area contributed by atoms with Crippen molar-refractivity contribution in [3.63, 3.8) is 0 Å². The van der Waals surface area contributed by atoms with Gasteiger partial charge < -0.3 is 15.4 Å². The second-order valence-electron chi connectivity index (χ2n) is 5.04. The minimum atomic E-state index is -0.604. The molecule has 1 aromatic rings. The van der Waals surface area contributed by atoms with Gasteiger partial charge in [-0.1, -0.05) is 24.3 Å². The van der Waals surface area contributed by atoms with E-state index in [0.29, 0.717) is 0 Å². The molecule has 1 fully saturated rings. The lowest BCUT2D eigenvalue weighted by Gasteiger charge is -2.18. The highest BCUT2D eigenvalue weighted by atomic mass is 16.5. The summed E-state index contributed by atoms with van der Waals surface area (Å²) in [5.74, 6) is -1.17. The molecule has 0 aliphatic heterocycles. The molecule has 5 nitrogen and oxygen atoms in total. The Hall–Kier alpha value is -1.88. The summed E-state index contributed by atoms with van der Waals surface area (Å²) >= 11 is 0. The Morgan fingerprint density at radius 1 is 1.30 bits per heavy atom.